The molecule has 106 valence electrons. The van der Waals surface area contributed by atoms with Crippen LogP contribution < -0.4 is 10.9 Å². The fourth-order valence-electron chi connectivity index (χ4n) is 1.68. The van der Waals surface area contributed by atoms with Crippen LogP contribution in [0.3, 0.4) is 0 Å². The van der Waals surface area contributed by atoms with Gasteiger partial charge in [-0.2, -0.15) is 0 Å². The molecule has 0 spiro atoms. The third-order valence-corrected chi connectivity index (χ3v) is 4.64. The fourth-order valence-corrected chi connectivity index (χ4v) is 3.12. The minimum absolute atomic E-state index is 0.101. The van der Waals surface area contributed by atoms with E-state index in [2.05, 4.69) is 31.2 Å². The zero-order valence-electron chi connectivity index (χ0n) is 11.1. The van der Waals surface area contributed by atoms with E-state index in [-0.39, 0.29) is 5.56 Å². The molecular formula is C14H16BrN3OS. The van der Waals surface area contributed by atoms with Crippen molar-refractivity contribution in [3.63, 3.8) is 0 Å². The minimum Gasteiger partial charge on any atom is -0.311 e. The number of rotatable bonds is 6. The number of H-pyrrole nitrogens is 1. The Hall–Kier alpha value is -1.11. The molecule has 0 aliphatic rings. The van der Waals surface area contributed by atoms with Crippen LogP contribution in [0.25, 0.3) is 0 Å². The first-order chi connectivity index (χ1) is 9.69. The monoisotopic (exact) mass is 353 g/mol. The second-order valence-corrected chi connectivity index (χ2v) is 6.05. The first-order valence-corrected chi connectivity index (χ1v) is 8.14. The van der Waals surface area contributed by atoms with E-state index in [9.17, 15) is 4.79 Å². The summed E-state index contributed by atoms with van der Waals surface area (Å²) in [6.45, 7) is 3.50. The summed E-state index contributed by atoms with van der Waals surface area (Å²) < 4.78 is 1.05. The normalized spacial score (nSPS) is 10.7. The SMILES string of the molecule is CCNCc1cc(=O)[nH]c(CSc2ccccc2Br)n1. The van der Waals surface area contributed by atoms with Crippen molar-refractivity contribution < 1.29 is 0 Å². The molecule has 1 heterocycles. The lowest BCUT2D eigenvalue weighted by Crippen LogP contribution is -2.18. The van der Waals surface area contributed by atoms with Gasteiger partial charge in [-0.1, -0.05) is 19.1 Å². The van der Waals surface area contributed by atoms with Crippen LogP contribution in [0.5, 0.6) is 0 Å². The van der Waals surface area contributed by atoms with Gasteiger partial charge in [0, 0.05) is 22.0 Å². The van der Waals surface area contributed by atoms with Gasteiger partial charge in [0.25, 0.3) is 5.56 Å². The number of aromatic nitrogens is 2. The molecule has 0 amide bonds. The van der Waals surface area contributed by atoms with Crippen molar-refractivity contribution in [2.24, 2.45) is 0 Å². The average molecular weight is 354 g/mol. The summed E-state index contributed by atoms with van der Waals surface area (Å²) in [5.74, 6) is 1.34. The molecule has 6 heteroatoms. The Bertz CT molecular complexity index is 630. The zero-order valence-corrected chi connectivity index (χ0v) is 13.6. The zero-order chi connectivity index (χ0) is 14.4. The number of halogens is 1. The molecule has 0 fully saturated rings. The lowest BCUT2D eigenvalue weighted by molar-refractivity contribution is 0.702. The highest BCUT2D eigenvalue weighted by Crippen LogP contribution is 2.28. The van der Waals surface area contributed by atoms with Gasteiger partial charge in [-0.25, -0.2) is 4.98 Å². The topological polar surface area (TPSA) is 57.8 Å². The van der Waals surface area contributed by atoms with E-state index in [1.54, 1.807) is 11.8 Å². The Labute approximate surface area is 130 Å². The minimum atomic E-state index is -0.101. The van der Waals surface area contributed by atoms with Crippen LogP contribution in [0.4, 0.5) is 0 Å². The van der Waals surface area contributed by atoms with E-state index in [4.69, 9.17) is 0 Å². The number of hydrogen-bond acceptors (Lipinski definition) is 4. The summed E-state index contributed by atoms with van der Waals surface area (Å²) in [6.07, 6.45) is 0. The average Bonchev–Trinajstić information content (AvgIpc) is 2.44. The molecule has 2 rings (SSSR count). The second-order valence-electron chi connectivity index (χ2n) is 4.18. The molecule has 20 heavy (non-hydrogen) atoms. The van der Waals surface area contributed by atoms with Crippen LogP contribution in [0.15, 0.2) is 44.5 Å². The largest absolute Gasteiger partial charge is 0.311 e. The summed E-state index contributed by atoms with van der Waals surface area (Å²) in [7, 11) is 0. The number of benzene rings is 1. The maximum absolute atomic E-state index is 11.6. The van der Waals surface area contributed by atoms with Crippen molar-refractivity contribution in [3.8, 4) is 0 Å². The number of nitrogens with one attached hydrogen (secondary N) is 2. The summed E-state index contributed by atoms with van der Waals surface area (Å²) >= 11 is 5.15. The lowest BCUT2D eigenvalue weighted by Gasteiger charge is -2.06. The highest BCUT2D eigenvalue weighted by molar-refractivity contribution is 9.10. The van der Waals surface area contributed by atoms with E-state index in [0.29, 0.717) is 18.1 Å². The molecule has 0 atom stereocenters. The molecule has 4 nitrogen and oxygen atoms in total. The predicted octanol–water partition coefficient (Wildman–Crippen LogP) is 2.93. The maximum atomic E-state index is 11.6. The van der Waals surface area contributed by atoms with Crippen LogP contribution >= 0.6 is 27.7 Å². The second kappa shape index (κ2) is 7.61. The van der Waals surface area contributed by atoms with Gasteiger partial charge in [-0.05, 0) is 34.6 Å². The number of nitrogens with zero attached hydrogens (tertiary/aromatic N) is 1. The molecule has 0 saturated carbocycles. The lowest BCUT2D eigenvalue weighted by atomic mass is 10.4. The van der Waals surface area contributed by atoms with Gasteiger partial charge in [-0.15, -0.1) is 11.8 Å². The smallest absolute Gasteiger partial charge is 0.251 e. The van der Waals surface area contributed by atoms with Crippen molar-refractivity contribution in [3.05, 3.63) is 56.7 Å². The Balaban J connectivity index is 2.07. The molecule has 1 aromatic carbocycles. The molecule has 1 aromatic heterocycles. The summed E-state index contributed by atoms with van der Waals surface area (Å²) in [5, 5.41) is 3.17. The van der Waals surface area contributed by atoms with Gasteiger partial charge in [0.05, 0.1) is 11.4 Å². The van der Waals surface area contributed by atoms with Gasteiger partial charge in [0.1, 0.15) is 5.82 Å². The van der Waals surface area contributed by atoms with E-state index in [0.717, 1.165) is 21.6 Å². The number of hydrogen-bond donors (Lipinski definition) is 2. The molecule has 0 saturated heterocycles. The Morgan fingerprint density at radius 2 is 2.20 bits per heavy atom. The van der Waals surface area contributed by atoms with Crippen molar-refractivity contribution in [2.45, 2.75) is 24.1 Å². The molecule has 0 bridgehead atoms. The van der Waals surface area contributed by atoms with E-state index in [1.807, 2.05) is 31.2 Å². The van der Waals surface area contributed by atoms with E-state index >= 15 is 0 Å². The number of aromatic amines is 1. The summed E-state index contributed by atoms with van der Waals surface area (Å²) in [5.41, 5.74) is 0.675. The van der Waals surface area contributed by atoms with Crippen molar-refractivity contribution >= 4 is 27.7 Å². The molecule has 0 aliphatic heterocycles. The quantitative estimate of drug-likeness (QED) is 0.784. The van der Waals surface area contributed by atoms with Crippen molar-refractivity contribution in [2.75, 3.05) is 6.54 Å². The first-order valence-electron chi connectivity index (χ1n) is 6.36. The van der Waals surface area contributed by atoms with Crippen molar-refractivity contribution in [1.82, 2.24) is 15.3 Å². The van der Waals surface area contributed by atoms with E-state index < -0.39 is 0 Å². The molecule has 0 radical (unpaired) electrons. The number of thioether (sulfide) groups is 1. The van der Waals surface area contributed by atoms with Gasteiger partial charge in [-0.3, -0.25) is 4.79 Å². The van der Waals surface area contributed by atoms with Crippen LogP contribution in [0.1, 0.15) is 18.4 Å². The van der Waals surface area contributed by atoms with Gasteiger partial charge in [0.2, 0.25) is 0 Å². The fraction of sp³-hybridized carbons (Fsp3) is 0.286. The summed E-state index contributed by atoms with van der Waals surface area (Å²) in [4.78, 5) is 20.0. The third kappa shape index (κ3) is 4.47. The van der Waals surface area contributed by atoms with Gasteiger partial charge < -0.3 is 10.3 Å². The highest BCUT2D eigenvalue weighted by Gasteiger charge is 2.04. The van der Waals surface area contributed by atoms with Gasteiger partial charge in [0.15, 0.2) is 0 Å². The molecule has 2 aromatic rings. The molecule has 0 unspecified atom stereocenters. The third-order valence-electron chi connectivity index (χ3n) is 2.60. The Kier molecular flexibility index (Phi) is 5.82. The van der Waals surface area contributed by atoms with Crippen molar-refractivity contribution in [1.29, 1.82) is 0 Å². The van der Waals surface area contributed by atoms with Crippen LogP contribution in [0.2, 0.25) is 0 Å². The predicted molar refractivity (Wildman–Crippen MR) is 85.9 cm³/mol. The Morgan fingerprint density at radius 3 is 2.95 bits per heavy atom. The van der Waals surface area contributed by atoms with Crippen LogP contribution in [-0.4, -0.2) is 16.5 Å². The maximum Gasteiger partial charge on any atom is 0.251 e. The standard InChI is InChI=1S/C14H16BrN3OS/c1-2-16-8-10-7-14(19)18-13(17-10)9-20-12-6-4-3-5-11(12)15/h3-7,16H,2,8-9H2,1H3,(H,17,18,19). The highest BCUT2D eigenvalue weighted by atomic mass is 79.9. The first kappa shape index (κ1) is 15.3. The molecule has 0 aliphatic carbocycles. The van der Waals surface area contributed by atoms with E-state index in [1.165, 1.54) is 6.07 Å². The molecular weight excluding hydrogens is 338 g/mol. The van der Waals surface area contributed by atoms with Crippen LogP contribution in [-0.2, 0) is 12.3 Å². The van der Waals surface area contributed by atoms with Gasteiger partial charge >= 0.3 is 0 Å². The summed E-state index contributed by atoms with van der Waals surface area (Å²) in [6, 6.07) is 9.54. The Morgan fingerprint density at radius 1 is 1.40 bits per heavy atom. The molecule has 2 N–H and O–H groups in total. The van der Waals surface area contributed by atoms with Crippen LogP contribution in [0, 0.1) is 0 Å².